The molecule has 0 aromatic rings. The van der Waals surface area contributed by atoms with Crippen LogP contribution in [0.5, 0.6) is 0 Å². The Morgan fingerprint density at radius 3 is 2.63 bits per heavy atom. The molecule has 1 aliphatic carbocycles. The maximum Gasteiger partial charge on any atom is 0.246 e. The van der Waals surface area contributed by atoms with Crippen molar-refractivity contribution >= 4 is 11.8 Å². The van der Waals surface area contributed by atoms with Crippen LogP contribution in [0.2, 0.25) is 0 Å². The van der Waals surface area contributed by atoms with Crippen LogP contribution in [-0.4, -0.2) is 49.1 Å². The molecule has 2 amide bonds. The summed E-state index contributed by atoms with van der Waals surface area (Å²) in [6.07, 6.45) is 7.67. The van der Waals surface area contributed by atoms with Crippen molar-refractivity contribution in [3.05, 3.63) is 0 Å². The second-order valence-electron chi connectivity index (χ2n) is 5.59. The molecule has 0 radical (unpaired) electrons. The summed E-state index contributed by atoms with van der Waals surface area (Å²) < 4.78 is 4.79. The smallest absolute Gasteiger partial charge is 0.246 e. The first-order valence-electron chi connectivity index (χ1n) is 7.28. The standard InChI is InChI=1S/C14H24N2O3/c1-19-10-13(17)15-11-8-14(18)16(9-11)12-6-4-2-3-5-7-12/h11-12H,2-10H2,1H3,(H,15,17)/t11-/m1/s1. The molecule has 1 N–H and O–H groups in total. The third kappa shape index (κ3) is 3.93. The minimum absolute atomic E-state index is 0.0431. The molecule has 5 nitrogen and oxygen atoms in total. The van der Waals surface area contributed by atoms with E-state index in [1.807, 2.05) is 4.90 Å². The number of likely N-dealkylation sites (tertiary alicyclic amines) is 1. The lowest BCUT2D eigenvalue weighted by atomic mass is 10.1. The number of nitrogens with zero attached hydrogens (tertiary/aromatic N) is 1. The molecule has 1 aliphatic heterocycles. The van der Waals surface area contributed by atoms with E-state index in [1.54, 1.807) is 0 Å². The lowest BCUT2D eigenvalue weighted by molar-refractivity contribution is -0.129. The molecule has 1 atom stereocenters. The normalized spacial score (nSPS) is 25.4. The summed E-state index contributed by atoms with van der Waals surface area (Å²) in [6, 6.07) is 0.345. The summed E-state index contributed by atoms with van der Waals surface area (Å²) in [6.45, 7) is 0.729. The van der Waals surface area contributed by atoms with E-state index >= 15 is 0 Å². The average Bonchev–Trinajstić information content (AvgIpc) is 2.60. The van der Waals surface area contributed by atoms with E-state index in [1.165, 1.54) is 32.8 Å². The summed E-state index contributed by atoms with van der Waals surface area (Å²) in [4.78, 5) is 25.5. The van der Waals surface area contributed by atoms with E-state index in [0.29, 0.717) is 19.0 Å². The third-order valence-electron chi connectivity index (χ3n) is 4.06. The molecule has 0 spiro atoms. The van der Waals surface area contributed by atoms with Gasteiger partial charge in [0.15, 0.2) is 0 Å². The van der Waals surface area contributed by atoms with Crippen LogP contribution in [0.4, 0.5) is 0 Å². The van der Waals surface area contributed by atoms with Gasteiger partial charge in [0, 0.05) is 26.1 Å². The molecule has 2 rings (SSSR count). The monoisotopic (exact) mass is 268 g/mol. The fourth-order valence-corrected chi connectivity index (χ4v) is 3.15. The minimum atomic E-state index is -0.136. The van der Waals surface area contributed by atoms with Crippen LogP contribution in [0.15, 0.2) is 0 Å². The van der Waals surface area contributed by atoms with Crippen molar-refractivity contribution in [2.75, 3.05) is 20.3 Å². The van der Waals surface area contributed by atoms with E-state index in [4.69, 9.17) is 4.74 Å². The maximum atomic E-state index is 12.1. The number of carbonyl (C=O) groups excluding carboxylic acids is 2. The Balaban J connectivity index is 1.86. The van der Waals surface area contributed by atoms with E-state index in [0.717, 1.165) is 12.8 Å². The largest absolute Gasteiger partial charge is 0.375 e. The van der Waals surface area contributed by atoms with Gasteiger partial charge in [0.05, 0.1) is 6.04 Å². The van der Waals surface area contributed by atoms with Gasteiger partial charge >= 0.3 is 0 Å². The van der Waals surface area contributed by atoms with Crippen LogP contribution in [-0.2, 0) is 14.3 Å². The molecule has 2 aliphatic rings. The lowest BCUT2D eigenvalue weighted by Crippen LogP contribution is -2.41. The van der Waals surface area contributed by atoms with Gasteiger partial charge in [-0.2, -0.15) is 0 Å². The highest BCUT2D eigenvalue weighted by molar-refractivity contribution is 5.82. The first-order valence-corrected chi connectivity index (χ1v) is 7.28. The number of hydrogen-bond acceptors (Lipinski definition) is 3. The van der Waals surface area contributed by atoms with E-state index < -0.39 is 0 Å². The highest BCUT2D eigenvalue weighted by Crippen LogP contribution is 2.25. The van der Waals surface area contributed by atoms with Crippen LogP contribution in [0.3, 0.4) is 0 Å². The number of nitrogens with one attached hydrogen (secondary N) is 1. The van der Waals surface area contributed by atoms with Crippen LogP contribution in [0, 0.1) is 0 Å². The zero-order chi connectivity index (χ0) is 13.7. The molecule has 19 heavy (non-hydrogen) atoms. The fraction of sp³-hybridized carbons (Fsp3) is 0.857. The molecule has 0 unspecified atom stereocenters. The Morgan fingerprint density at radius 1 is 1.32 bits per heavy atom. The van der Waals surface area contributed by atoms with Crippen molar-refractivity contribution in [3.8, 4) is 0 Å². The number of methoxy groups -OCH3 is 1. The number of rotatable bonds is 4. The Morgan fingerprint density at radius 2 is 2.00 bits per heavy atom. The van der Waals surface area contributed by atoms with Crippen molar-refractivity contribution < 1.29 is 14.3 Å². The highest BCUT2D eigenvalue weighted by Gasteiger charge is 2.34. The Labute approximate surface area is 114 Å². The summed E-state index contributed by atoms with van der Waals surface area (Å²) in [7, 11) is 1.50. The number of ether oxygens (including phenoxy) is 1. The minimum Gasteiger partial charge on any atom is -0.375 e. The van der Waals surface area contributed by atoms with Gasteiger partial charge in [-0.05, 0) is 12.8 Å². The van der Waals surface area contributed by atoms with Crippen LogP contribution in [0.25, 0.3) is 0 Å². The predicted octanol–water partition coefficient (Wildman–Crippen LogP) is 1.07. The van der Waals surface area contributed by atoms with Gasteiger partial charge in [-0.25, -0.2) is 0 Å². The van der Waals surface area contributed by atoms with Crippen molar-refractivity contribution in [3.63, 3.8) is 0 Å². The summed E-state index contributed by atoms with van der Waals surface area (Å²) >= 11 is 0. The van der Waals surface area contributed by atoms with Crippen LogP contribution >= 0.6 is 0 Å². The second-order valence-corrected chi connectivity index (χ2v) is 5.59. The van der Waals surface area contributed by atoms with E-state index in [-0.39, 0.29) is 24.5 Å². The van der Waals surface area contributed by atoms with Crippen LogP contribution in [0.1, 0.15) is 44.9 Å². The van der Waals surface area contributed by atoms with E-state index in [2.05, 4.69) is 5.32 Å². The fourth-order valence-electron chi connectivity index (χ4n) is 3.15. The Hall–Kier alpha value is -1.10. The molecular formula is C14H24N2O3. The summed E-state index contributed by atoms with van der Waals surface area (Å²) in [5, 5.41) is 2.87. The van der Waals surface area contributed by atoms with Crippen molar-refractivity contribution in [1.82, 2.24) is 10.2 Å². The predicted molar refractivity (Wildman–Crippen MR) is 71.6 cm³/mol. The van der Waals surface area contributed by atoms with Gasteiger partial charge in [0.1, 0.15) is 6.61 Å². The summed E-state index contributed by atoms with van der Waals surface area (Å²) in [5.74, 6) is 0.0534. The molecule has 1 heterocycles. The molecule has 0 aromatic heterocycles. The van der Waals surface area contributed by atoms with Crippen LogP contribution < -0.4 is 5.32 Å². The Bertz CT molecular complexity index is 325. The number of carbonyl (C=O) groups is 2. The van der Waals surface area contributed by atoms with E-state index in [9.17, 15) is 9.59 Å². The van der Waals surface area contributed by atoms with Gasteiger partial charge in [-0.15, -0.1) is 0 Å². The molecule has 2 fully saturated rings. The van der Waals surface area contributed by atoms with Gasteiger partial charge in [-0.3, -0.25) is 9.59 Å². The molecule has 1 saturated heterocycles. The number of amides is 2. The highest BCUT2D eigenvalue weighted by atomic mass is 16.5. The van der Waals surface area contributed by atoms with Gasteiger partial charge < -0.3 is 15.0 Å². The first kappa shape index (κ1) is 14.3. The van der Waals surface area contributed by atoms with Crippen molar-refractivity contribution in [2.24, 2.45) is 0 Å². The zero-order valence-electron chi connectivity index (χ0n) is 11.7. The lowest BCUT2D eigenvalue weighted by Gasteiger charge is -2.27. The van der Waals surface area contributed by atoms with Crippen molar-refractivity contribution in [2.45, 2.75) is 57.0 Å². The molecule has 0 bridgehead atoms. The topological polar surface area (TPSA) is 58.6 Å². The molecule has 108 valence electrons. The summed E-state index contributed by atoms with van der Waals surface area (Å²) in [5.41, 5.74) is 0. The van der Waals surface area contributed by atoms with Gasteiger partial charge in [-0.1, -0.05) is 25.7 Å². The SMILES string of the molecule is COCC(=O)N[C@@H]1CC(=O)N(C2CCCCCC2)C1. The number of hydrogen-bond donors (Lipinski definition) is 1. The molecule has 0 aromatic carbocycles. The van der Waals surface area contributed by atoms with Gasteiger partial charge in [0.25, 0.3) is 0 Å². The van der Waals surface area contributed by atoms with Gasteiger partial charge in [0.2, 0.25) is 11.8 Å². The zero-order valence-corrected chi connectivity index (χ0v) is 11.7. The average molecular weight is 268 g/mol. The molecular weight excluding hydrogens is 244 g/mol. The third-order valence-corrected chi connectivity index (χ3v) is 4.06. The maximum absolute atomic E-state index is 12.1. The first-order chi connectivity index (χ1) is 9.20. The molecule has 5 heteroatoms. The Kier molecular flexibility index (Phi) is 5.19. The van der Waals surface area contributed by atoms with Crippen molar-refractivity contribution in [1.29, 1.82) is 0 Å². The quantitative estimate of drug-likeness (QED) is 0.776. The second kappa shape index (κ2) is 6.89. The molecule has 1 saturated carbocycles.